The van der Waals surface area contributed by atoms with E-state index in [9.17, 15) is 9.59 Å². The van der Waals surface area contributed by atoms with E-state index >= 15 is 0 Å². The maximum absolute atomic E-state index is 13.1. The second-order valence-corrected chi connectivity index (χ2v) is 18.8. The van der Waals surface area contributed by atoms with Crippen LogP contribution in [0.3, 0.4) is 0 Å². The van der Waals surface area contributed by atoms with Gasteiger partial charge < -0.3 is 14.1 Å². The molecule has 0 radical (unpaired) electrons. The molecule has 0 bridgehead atoms. The Balaban J connectivity index is 3.27. The number of hydrogen-bond acceptors (Lipinski definition) is 4. The fourth-order valence-corrected chi connectivity index (χ4v) is 8.31. The Hall–Kier alpha value is -1.71. The highest BCUT2D eigenvalue weighted by Crippen LogP contribution is 2.30. The van der Waals surface area contributed by atoms with Gasteiger partial charge in [-0.05, 0) is 25.2 Å². The van der Waals surface area contributed by atoms with Crippen molar-refractivity contribution in [3.8, 4) is 0 Å². The van der Waals surface area contributed by atoms with Crippen molar-refractivity contribution >= 4 is 28.3 Å². The first-order valence-electron chi connectivity index (χ1n) is 11.3. The molecule has 1 amide bonds. The molecule has 0 aliphatic heterocycles. The van der Waals surface area contributed by atoms with Gasteiger partial charge in [-0.15, -0.1) is 0 Å². The molecular formula is C24H41NO4Si2. The minimum absolute atomic E-state index is 0.195. The van der Waals surface area contributed by atoms with Crippen LogP contribution in [0.5, 0.6) is 0 Å². The van der Waals surface area contributed by atoms with E-state index in [-0.39, 0.29) is 12.3 Å². The zero-order valence-corrected chi connectivity index (χ0v) is 22.5. The van der Waals surface area contributed by atoms with Crippen LogP contribution < -0.4 is 0 Å². The van der Waals surface area contributed by atoms with Crippen LogP contribution in [0, 0.1) is 0 Å². The number of carbonyl (C=O) groups is 2. The number of benzene rings is 1. The largest absolute Gasteiger partial charge is 0.469 e. The molecule has 7 heteroatoms. The molecule has 0 saturated carbocycles. The highest BCUT2D eigenvalue weighted by atomic mass is 28.4. The van der Waals surface area contributed by atoms with Crippen LogP contribution in [-0.4, -0.2) is 53.4 Å². The Bertz CT molecular complexity index is 717. The van der Waals surface area contributed by atoms with Crippen molar-refractivity contribution < 1.29 is 18.8 Å². The number of nitrogens with zero attached hydrogens (tertiary/aromatic N) is 1. The summed E-state index contributed by atoms with van der Waals surface area (Å²) < 4.78 is 10.9. The second kappa shape index (κ2) is 13.0. The number of ether oxygens (including phenoxy) is 1. The van der Waals surface area contributed by atoms with E-state index in [0.717, 1.165) is 23.7 Å². The summed E-state index contributed by atoms with van der Waals surface area (Å²) in [7, 11) is -2.05. The van der Waals surface area contributed by atoms with Gasteiger partial charge in [-0.3, -0.25) is 9.59 Å². The highest BCUT2D eigenvalue weighted by Gasteiger charge is 2.33. The topological polar surface area (TPSA) is 55.8 Å². The number of methoxy groups -OCH3 is 1. The molecule has 0 fully saturated rings. The average Bonchev–Trinajstić information content (AvgIpc) is 2.74. The Morgan fingerprint density at radius 1 is 1.00 bits per heavy atom. The van der Waals surface area contributed by atoms with Crippen LogP contribution in [0.4, 0.5) is 0 Å². The minimum atomic E-state index is -1.73. The smallest absolute Gasteiger partial charge is 0.315 e. The van der Waals surface area contributed by atoms with Gasteiger partial charge in [0.05, 0.1) is 21.8 Å². The first kappa shape index (κ1) is 27.3. The predicted octanol–water partition coefficient (Wildman–Crippen LogP) is 5.40. The molecule has 0 saturated heterocycles. The van der Waals surface area contributed by atoms with Crippen molar-refractivity contribution in [3.05, 3.63) is 47.2 Å². The lowest BCUT2D eigenvalue weighted by Gasteiger charge is -2.35. The van der Waals surface area contributed by atoms with Crippen LogP contribution in [0.2, 0.25) is 37.8 Å². The van der Waals surface area contributed by atoms with E-state index in [1.54, 1.807) is 0 Å². The molecule has 174 valence electrons. The second-order valence-electron chi connectivity index (χ2n) is 8.98. The quantitative estimate of drug-likeness (QED) is 0.223. The number of carbonyl (C=O) groups excluding carboxylic acids is 2. The standard InChI is InChI=1S/C24H41NO4Si2/c1-8-31(9-2,10-3)22(16-17-29-30(5,6)7)20-25(23(26)18-24(27)28-4)19-21-14-12-11-13-15-21/h11-16H,8-10,17-20H2,1-7H3/b22-16-. The van der Waals surface area contributed by atoms with Gasteiger partial charge in [-0.2, -0.15) is 0 Å². The van der Waals surface area contributed by atoms with Crippen molar-refractivity contribution in [2.45, 2.75) is 71.5 Å². The van der Waals surface area contributed by atoms with Gasteiger partial charge >= 0.3 is 5.97 Å². The first-order valence-corrected chi connectivity index (χ1v) is 17.4. The van der Waals surface area contributed by atoms with Crippen molar-refractivity contribution in [2.75, 3.05) is 20.3 Å². The van der Waals surface area contributed by atoms with E-state index < -0.39 is 22.4 Å². The Labute approximate surface area is 191 Å². The van der Waals surface area contributed by atoms with Crippen LogP contribution >= 0.6 is 0 Å². The van der Waals surface area contributed by atoms with Gasteiger partial charge in [0.2, 0.25) is 5.91 Å². The van der Waals surface area contributed by atoms with E-state index in [1.807, 2.05) is 35.2 Å². The third-order valence-electron chi connectivity index (χ3n) is 6.01. The zero-order chi connectivity index (χ0) is 23.5. The molecule has 0 aliphatic carbocycles. The fraction of sp³-hybridized carbons (Fsp3) is 0.583. The molecule has 1 aromatic rings. The van der Waals surface area contributed by atoms with Crippen LogP contribution in [0.25, 0.3) is 0 Å². The monoisotopic (exact) mass is 463 g/mol. The van der Waals surface area contributed by atoms with Crippen LogP contribution in [0.1, 0.15) is 32.8 Å². The highest BCUT2D eigenvalue weighted by molar-refractivity contribution is 6.86. The van der Waals surface area contributed by atoms with E-state index in [4.69, 9.17) is 9.16 Å². The first-order chi connectivity index (χ1) is 14.6. The summed E-state index contributed by atoms with van der Waals surface area (Å²) in [5.74, 6) is -0.695. The molecule has 0 N–H and O–H groups in total. The lowest BCUT2D eigenvalue weighted by Crippen LogP contribution is -2.43. The predicted molar refractivity (Wildman–Crippen MR) is 133 cm³/mol. The molecular weight excluding hydrogens is 422 g/mol. The third kappa shape index (κ3) is 9.13. The normalized spacial score (nSPS) is 12.5. The molecule has 5 nitrogen and oxygen atoms in total. The SMILES string of the molecule is CC[Si](CC)(CC)/C(=C\CO[Si](C)(C)C)CN(Cc1ccccc1)C(=O)CC(=O)OC. The zero-order valence-electron chi connectivity index (χ0n) is 20.5. The van der Waals surface area contributed by atoms with Crippen molar-refractivity contribution in [1.29, 1.82) is 0 Å². The van der Waals surface area contributed by atoms with E-state index in [1.165, 1.54) is 12.3 Å². The number of hydrogen-bond donors (Lipinski definition) is 0. The number of esters is 1. The third-order valence-corrected chi connectivity index (χ3v) is 12.8. The van der Waals surface area contributed by atoms with Crippen molar-refractivity contribution in [2.24, 2.45) is 0 Å². The molecule has 0 unspecified atom stereocenters. The molecule has 0 aliphatic rings. The Morgan fingerprint density at radius 2 is 1.58 bits per heavy atom. The molecule has 0 heterocycles. The summed E-state index contributed by atoms with van der Waals surface area (Å²) in [6.45, 7) is 15.0. The van der Waals surface area contributed by atoms with E-state index in [2.05, 4.69) is 46.5 Å². The van der Waals surface area contributed by atoms with Gasteiger partial charge in [-0.1, -0.05) is 80.5 Å². The molecule has 31 heavy (non-hydrogen) atoms. The summed E-state index contributed by atoms with van der Waals surface area (Å²) in [6, 6.07) is 13.3. The van der Waals surface area contributed by atoms with Crippen molar-refractivity contribution in [3.63, 3.8) is 0 Å². The van der Waals surface area contributed by atoms with Gasteiger partial charge in [0.25, 0.3) is 0 Å². The van der Waals surface area contributed by atoms with Gasteiger partial charge in [0.15, 0.2) is 8.32 Å². The summed E-state index contributed by atoms with van der Waals surface area (Å²) in [5, 5.41) is 1.35. The number of amides is 1. The van der Waals surface area contributed by atoms with Crippen LogP contribution in [0.15, 0.2) is 41.6 Å². The molecule has 0 spiro atoms. The average molecular weight is 464 g/mol. The summed E-state index contributed by atoms with van der Waals surface area (Å²) in [5.41, 5.74) is 1.05. The molecule has 1 aromatic carbocycles. The number of rotatable bonds is 13. The maximum atomic E-state index is 13.1. The molecule has 0 atom stereocenters. The minimum Gasteiger partial charge on any atom is -0.469 e. The van der Waals surface area contributed by atoms with Crippen LogP contribution in [-0.2, 0) is 25.3 Å². The van der Waals surface area contributed by atoms with Gasteiger partial charge in [0, 0.05) is 13.1 Å². The lowest BCUT2D eigenvalue weighted by atomic mass is 10.2. The molecule has 1 rings (SSSR count). The fourth-order valence-electron chi connectivity index (χ4n) is 3.82. The van der Waals surface area contributed by atoms with Crippen molar-refractivity contribution in [1.82, 2.24) is 4.90 Å². The van der Waals surface area contributed by atoms with E-state index in [0.29, 0.717) is 19.7 Å². The lowest BCUT2D eigenvalue weighted by molar-refractivity contribution is -0.146. The Kier molecular flexibility index (Phi) is 11.4. The van der Waals surface area contributed by atoms with Gasteiger partial charge in [0.1, 0.15) is 6.42 Å². The summed E-state index contributed by atoms with van der Waals surface area (Å²) in [6.07, 6.45) is 2.01. The van der Waals surface area contributed by atoms with Gasteiger partial charge in [-0.25, -0.2) is 0 Å². The summed E-state index contributed by atoms with van der Waals surface area (Å²) in [4.78, 5) is 26.7. The summed E-state index contributed by atoms with van der Waals surface area (Å²) >= 11 is 0. The Morgan fingerprint density at radius 3 is 2.06 bits per heavy atom. The molecule has 0 aromatic heterocycles. The maximum Gasteiger partial charge on any atom is 0.315 e.